The van der Waals surface area contributed by atoms with Gasteiger partial charge in [0.2, 0.25) is 0 Å². The molecule has 0 aliphatic heterocycles. The average Bonchev–Trinajstić information content (AvgIpc) is 3.31. The summed E-state index contributed by atoms with van der Waals surface area (Å²) >= 11 is 0. The van der Waals surface area contributed by atoms with Crippen molar-refractivity contribution < 1.29 is 27.7 Å². The molecule has 2 aromatic heterocycles. The lowest BCUT2D eigenvalue weighted by Gasteiger charge is -2.06. The highest BCUT2D eigenvalue weighted by molar-refractivity contribution is 5.80. The lowest BCUT2D eigenvalue weighted by atomic mass is 10.2. The van der Waals surface area contributed by atoms with Crippen LogP contribution >= 0.6 is 0 Å². The fourth-order valence-electron chi connectivity index (χ4n) is 2.95. The predicted octanol–water partition coefficient (Wildman–Crippen LogP) is 2.02. The van der Waals surface area contributed by atoms with Gasteiger partial charge in [0.1, 0.15) is 24.5 Å². The molecule has 1 aliphatic carbocycles. The van der Waals surface area contributed by atoms with Gasteiger partial charge in [0.05, 0.1) is 4.92 Å². The molecule has 1 fully saturated rings. The topological polar surface area (TPSA) is 143 Å². The number of hydrogen-bond donors (Lipinski definition) is 1. The molecule has 0 aromatic carbocycles. The Kier molecular flexibility index (Phi) is 5.50. The first kappa shape index (κ1) is 21.3. The third-order valence-electron chi connectivity index (χ3n) is 4.48. The van der Waals surface area contributed by atoms with Gasteiger partial charge in [-0.25, -0.2) is 4.79 Å². The molecule has 0 amide bonds. The SMILES string of the molecule is Cc1nn(C/C(N)=N\OC(=O)Cn2nc(C(F)(F)F)cc2C2CC2)c(C)c1[N+](=O)[O-]. The minimum atomic E-state index is -4.62. The molecule has 30 heavy (non-hydrogen) atoms. The number of alkyl halides is 3. The number of carbonyl (C=O) groups excluding carboxylic acids is 1. The fourth-order valence-corrected chi connectivity index (χ4v) is 2.95. The van der Waals surface area contributed by atoms with E-state index in [4.69, 9.17) is 5.73 Å². The number of aryl methyl sites for hydroxylation is 1. The summed E-state index contributed by atoms with van der Waals surface area (Å²) in [5, 5.41) is 21.9. The van der Waals surface area contributed by atoms with Crippen LogP contribution in [0.15, 0.2) is 11.2 Å². The van der Waals surface area contributed by atoms with Gasteiger partial charge >= 0.3 is 17.8 Å². The Morgan fingerprint density at radius 2 is 2.00 bits per heavy atom. The maximum atomic E-state index is 12.9. The monoisotopic (exact) mass is 429 g/mol. The molecule has 0 atom stereocenters. The Hall–Kier alpha value is -3.45. The van der Waals surface area contributed by atoms with E-state index in [1.54, 1.807) is 0 Å². The van der Waals surface area contributed by atoms with Crippen LogP contribution in [0.1, 0.15) is 41.5 Å². The first-order valence-electron chi connectivity index (χ1n) is 8.83. The van der Waals surface area contributed by atoms with Crippen molar-refractivity contribution in [3.63, 3.8) is 0 Å². The summed E-state index contributed by atoms with van der Waals surface area (Å²) in [6, 6.07) is 0.929. The van der Waals surface area contributed by atoms with Gasteiger partial charge in [-0.05, 0) is 32.8 Å². The Morgan fingerprint density at radius 1 is 1.33 bits per heavy atom. The molecule has 11 nitrogen and oxygen atoms in total. The molecular weight excluding hydrogens is 411 g/mol. The third kappa shape index (κ3) is 4.58. The summed E-state index contributed by atoms with van der Waals surface area (Å²) in [6.07, 6.45) is -3.18. The van der Waals surface area contributed by atoms with Crippen LogP contribution in [-0.2, 0) is 28.9 Å². The summed E-state index contributed by atoms with van der Waals surface area (Å²) in [5.41, 5.74) is 5.18. The molecule has 0 radical (unpaired) electrons. The molecule has 2 aromatic rings. The number of nitrogens with two attached hydrogens (primary N) is 1. The molecule has 1 aliphatic rings. The second-order valence-electron chi connectivity index (χ2n) is 6.86. The van der Waals surface area contributed by atoms with E-state index < -0.39 is 29.3 Å². The number of oxime groups is 1. The molecule has 0 spiro atoms. The van der Waals surface area contributed by atoms with Crippen molar-refractivity contribution in [2.75, 3.05) is 0 Å². The number of nitro groups is 1. The quantitative estimate of drug-likeness (QED) is 0.233. The van der Waals surface area contributed by atoms with E-state index in [0.717, 1.165) is 23.6 Å². The minimum Gasteiger partial charge on any atom is -0.383 e. The standard InChI is InChI=1S/C16H18F3N7O4/c1-8-15(26(28)29)9(2)24(21-8)6-13(20)23-30-14(27)7-25-11(10-3-4-10)5-12(22-25)16(17,18)19/h5,10H,3-4,6-7H2,1-2H3,(H2,20,23). The van der Waals surface area contributed by atoms with Crippen molar-refractivity contribution in [3.05, 3.63) is 39.0 Å². The molecule has 2 N–H and O–H groups in total. The fraction of sp³-hybridized carbons (Fsp3) is 0.500. The Bertz CT molecular complexity index is 1020. The number of hydrogen-bond acceptors (Lipinski definition) is 7. The number of carbonyl (C=O) groups is 1. The van der Waals surface area contributed by atoms with Crippen molar-refractivity contribution in [3.8, 4) is 0 Å². The zero-order valence-electron chi connectivity index (χ0n) is 16.0. The van der Waals surface area contributed by atoms with Gasteiger partial charge in [0, 0.05) is 11.6 Å². The molecule has 3 rings (SSSR count). The lowest BCUT2D eigenvalue weighted by Crippen LogP contribution is -2.23. The molecule has 162 valence electrons. The molecule has 0 bridgehead atoms. The number of aromatic nitrogens is 4. The van der Waals surface area contributed by atoms with Gasteiger partial charge in [-0.2, -0.15) is 23.4 Å². The first-order valence-corrected chi connectivity index (χ1v) is 8.83. The van der Waals surface area contributed by atoms with Gasteiger partial charge < -0.3 is 10.6 Å². The summed E-state index contributed by atoms with van der Waals surface area (Å²) in [5.74, 6) is -1.24. The van der Waals surface area contributed by atoms with E-state index in [-0.39, 0.29) is 35.4 Å². The van der Waals surface area contributed by atoms with E-state index >= 15 is 0 Å². The molecule has 1 saturated carbocycles. The van der Waals surface area contributed by atoms with Gasteiger partial charge in [-0.1, -0.05) is 5.16 Å². The van der Waals surface area contributed by atoms with Crippen LogP contribution < -0.4 is 5.73 Å². The number of nitrogens with zero attached hydrogens (tertiary/aromatic N) is 6. The molecule has 14 heteroatoms. The van der Waals surface area contributed by atoms with E-state index in [9.17, 15) is 28.1 Å². The van der Waals surface area contributed by atoms with Gasteiger partial charge in [0.25, 0.3) is 0 Å². The maximum absolute atomic E-state index is 12.9. The van der Waals surface area contributed by atoms with Crippen LogP contribution in [0.5, 0.6) is 0 Å². The maximum Gasteiger partial charge on any atom is 0.435 e. The van der Waals surface area contributed by atoms with E-state index in [1.165, 1.54) is 18.5 Å². The van der Waals surface area contributed by atoms with Gasteiger partial charge in [-0.3, -0.25) is 19.5 Å². The number of rotatable bonds is 7. The van der Waals surface area contributed by atoms with E-state index in [1.807, 2.05) is 0 Å². The van der Waals surface area contributed by atoms with E-state index in [0.29, 0.717) is 5.69 Å². The van der Waals surface area contributed by atoms with Gasteiger partial charge in [-0.15, -0.1) is 0 Å². The zero-order chi connectivity index (χ0) is 22.2. The minimum absolute atomic E-state index is 0.0724. The number of amidine groups is 1. The molecule has 2 heterocycles. The molecule has 0 saturated heterocycles. The predicted molar refractivity (Wildman–Crippen MR) is 95.3 cm³/mol. The summed E-state index contributed by atoms with van der Waals surface area (Å²) in [6.45, 7) is 2.20. The highest BCUT2D eigenvalue weighted by atomic mass is 19.4. The highest BCUT2D eigenvalue weighted by Crippen LogP contribution is 2.42. The van der Waals surface area contributed by atoms with Crippen molar-refractivity contribution >= 4 is 17.5 Å². The summed E-state index contributed by atoms with van der Waals surface area (Å²) in [4.78, 5) is 27.1. The van der Waals surface area contributed by atoms with Crippen molar-refractivity contribution in [1.82, 2.24) is 19.6 Å². The van der Waals surface area contributed by atoms with E-state index in [2.05, 4.69) is 20.2 Å². The highest BCUT2D eigenvalue weighted by Gasteiger charge is 2.38. The van der Waals surface area contributed by atoms with Crippen LogP contribution in [0.25, 0.3) is 0 Å². The number of halogens is 3. The largest absolute Gasteiger partial charge is 0.435 e. The first-order chi connectivity index (χ1) is 14.0. The summed E-state index contributed by atoms with van der Waals surface area (Å²) in [7, 11) is 0. The molecule has 0 unspecified atom stereocenters. The van der Waals surface area contributed by atoms with Crippen LogP contribution in [0.2, 0.25) is 0 Å². The third-order valence-corrected chi connectivity index (χ3v) is 4.48. The Labute approximate surface area is 167 Å². The summed E-state index contributed by atoms with van der Waals surface area (Å²) < 4.78 is 40.9. The molecular formula is C16H18F3N7O4. The Morgan fingerprint density at radius 3 is 2.53 bits per heavy atom. The second kappa shape index (κ2) is 7.76. The van der Waals surface area contributed by atoms with Crippen LogP contribution in [0.3, 0.4) is 0 Å². The normalized spacial score (nSPS) is 14.8. The van der Waals surface area contributed by atoms with Crippen LogP contribution in [0, 0.1) is 24.0 Å². The lowest BCUT2D eigenvalue weighted by molar-refractivity contribution is -0.386. The zero-order valence-corrected chi connectivity index (χ0v) is 16.0. The van der Waals surface area contributed by atoms with Crippen molar-refractivity contribution in [2.45, 2.75) is 51.9 Å². The average molecular weight is 429 g/mol. The van der Waals surface area contributed by atoms with Crippen LogP contribution in [-0.4, -0.2) is 36.3 Å². The van der Waals surface area contributed by atoms with Crippen molar-refractivity contribution in [2.24, 2.45) is 10.9 Å². The Balaban J connectivity index is 1.66. The second-order valence-corrected chi connectivity index (χ2v) is 6.86. The van der Waals surface area contributed by atoms with Crippen LogP contribution in [0.4, 0.5) is 18.9 Å². The van der Waals surface area contributed by atoms with Crippen molar-refractivity contribution in [1.29, 1.82) is 0 Å². The van der Waals surface area contributed by atoms with Gasteiger partial charge in [0.15, 0.2) is 11.5 Å². The smallest absolute Gasteiger partial charge is 0.383 e.